The number of rotatable bonds is 4. The molecule has 0 spiro atoms. The van der Waals surface area contributed by atoms with Gasteiger partial charge >= 0.3 is 0 Å². The van der Waals surface area contributed by atoms with Crippen LogP contribution < -0.4 is 5.32 Å². The van der Waals surface area contributed by atoms with Crippen molar-refractivity contribution < 1.29 is 9.53 Å². The summed E-state index contributed by atoms with van der Waals surface area (Å²) in [4.78, 5) is 14.3. The van der Waals surface area contributed by atoms with Crippen LogP contribution in [-0.4, -0.2) is 49.7 Å². The van der Waals surface area contributed by atoms with Crippen molar-refractivity contribution in [2.45, 2.75) is 31.9 Å². The van der Waals surface area contributed by atoms with Crippen LogP contribution in [0.1, 0.15) is 25.3 Å². The summed E-state index contributed by atoms with van der Waals surface area (Å²) in [7, 11) is 1.84. The Hall–Kier alpha value is -1.10. The smallest absolute Gasteiger partial charge is 0.253 e. The monoisotopic (exact) mass is 310 g/mol. The standard InChI is InChI=1S/C16H23ClN2O2/c1-11(13-4-6-14(17)7-5-13)12(2)19(3)16(20)15-10-18-8-9-21-15/h4-7,11-12,15,18H,8-10H2,1-3H3. The molecule has 1 amide bonds. The summed E-state index contributed by atoms with van der Waals surface area (Å²) in [5, 5.41) is 3.92. The van der Waals surface area contributed by atoms with E-state index in [1.165, 1.54) is 5.56 Å². The quantitative estimate of drug-likeness (QED) is 0.927. The van der Waals surface area contributed by atoms with E-state index in [4.69, 9.17) is 16.3 Å². The third-order valence-corrected chi connectivity index (χ3v) is 4.53. The zero-order valence-corrected chi connectivity index (χ0v) is 13.6. The number of likely N-dealkylation sites (N-methyl/N-ethyl adjacent to an activating group) is 1. The number of halogens is 1. The Morgan fingerprint density at radius 3 is 2.62 bits per heavy atom. The second-order valence-electron chi connectivity index (χ2n) is 5.59. The number of carbonyl (C=O) groups excluding carboxylic acids is 1. The van der Waals surface area contributed by atoms with Crippen LogP contribution in [0.4, 0.5) is 0 Å². The van der Waals surface area contributed by atoms with E-state index in [1.54, 1.807) is 4.90 Å². The van der Waals surface area contributed by atoms with Crippen molar-refractivity contribution in [1.29, 1.82) is 0 Å². The van der Waals surface area contributed by atoms with Crippen LogP contribution in [0.15, 0.2) is 24.3 Å². The molecule has 21 heavy (non-hydrogen) atoms. The summed E-state index contributed by atoms with van der Waals surface area (Å²) >= 11 is 5.92. The highest BCUT2D eigenvalue weighted by molar-refractivity contribution is 6.30. The van der Waals surface area contributed by atoms with Crippen LogP contribution >= 0.6 is 11.6 Å². The van der Waals surface area contributed by atoms with Gasteiger partial charge in [0.2, 0.25) is 0 Å². The van der Waals surface area contributed by atoms with Gasteiger partial charge in [-0.05, 0) is 24.6 Å². The topological polar surface area (TPSA) is 41.6 Å². The van der Waals surface area contributed by atoms with E-state index in [0.29, 0.717) is 13.2 Å². The van der Waals surface area contributed by atoms with E-state index >= 15 is 0 Å². The van der Waals surface area contributed by atoms with Crippen molar-refractivity contribution in [3.63, 3.8) is 0 Å². The molecular weight excluding hydrogens is 288 g/mol. The lowest BCUT2D eigenvalue weighted by atomic mass is 9.93. The summed E-state index contributed by atoms with van der Waals surface area (Å²) < 4.78 is 5.54. The average Bonchev–Trinajstić information content (AvgIpc) is 2.53. The summed E-state index contributed by atoms with van der Waals surface area (Å²) in [5.41, 5.74) is 1.18. The zero-order valence-electron chi connectivity index (χ0n) is 12.8. The molecule has 0 bridgehead atoms. The van der Waals surface area contributed by atoms with Crippen LogP contribution in [0.2, 0.25) is 5.02 Å². The van der Waals surface area contributed by atoms with Crippen LogP contribution in [0.25, 0.3) is 0 Å². The minimum Gasteiger partial charge on any atom is -0.366 e. The van der Waals surface area contributed by atoms with Gasteiger partial charge < -0.3 is 15.0 Å². The number of nitrogens with zero attached hydrogens (tertiary/aromatic N) is 1. The lowest BCUT2D eigenvalue weighted by molar-refractivity contribution is -0.146. The van der Waals surface area contributed by atoms with Crippen molar-refractivity contribution in [1.82, 2.24) is 10.2 Å². The zero-order chi connectivity index (χ0) is 15.4. The third kappa shape index (κ3) is 3.96. The van der Waals surface area contributed by atoms with Crippen molar-refractivity contribution in [3.05, 3.63) is 34.9 Å². The number of carbonyl (C=O) groups is 1. The average molecular weight is 311 g/mol. The normalized spacial score (nSPS) is 21.6. The molecule has 0 aliphatic carbocycles. The Kier molecular flexibility index (Phi) is 5.62. The number of benzene rings is 1. The van der Waals surface area contributed by atoms with Crippen LogP contribution in [-0.2, 0) is 9.53 Å². The van der Waals surface area contributed by atoms with E-state index in [1.807, 2.05) is 31.3 Å². The number of hydrogen-bond acceptors (Lipinski definition) is 3. The van der Waals surface area contributed by atoms with Crippen molar-refractivity contribution in [3.8, 4) is 0 Å². The maximum atomic E-state index is 12.5. The molecule has 0 aromatic heterocycles. The van der Waals surface area contributed by atoms with E-state index in [9.17, 15) is 4.79 Å². The molecule has 1 N–H and O–H groups in total. The largest absolute Gasteiger partial charge is 0.366 e. The molecule has 1 fully saturated rings. The number of hydrogen-bond donors (Lipinski definition) is 1. The van der Waals surface area contributed by atoms with Gasteiger partial charge in [-0.25, -0.2) is 0 Å². The van der Waals surface area contributed by atoms with Gasteiger partial charge in [0.25, 0.3) is 5.91 Å². The van der Waals surface area contributed by atoms with Gasteiger partial charge in [-0.15, -0.1) is 0 Å². The highest BCUT2D eigenvalue weighted by atomic mass is 35.5. The van der Waals surface area contributed by atoms with Crippen LogP contribution in [0.3, 0.4) is 0 Å². The van der Waals surface area contributed by atoms with Gasteiger partial charge in [0, 0.05) is 37.1 Å². The Labute approximate surface area is 131 Å². The molecule has 5 heteroatoms. The number of morpholine rings is 1. The van der Waals surface area contributed by atoms with Gasteiger partial charge in [0.05, 0.1) is 6.61 Å². The fraction of sp³-hybridized carbons (Fsp3) is 0.562. The molecule has 4 nitrogen and oxygen atoms in total. The summed E-state index contributed by atoms with van der Waals surface area (Å²) in [5.74, 6) is 0.267. The van der Waals surface area contributed by atoms with Crippen molar-refractivity contribution in [2.75, 3.05) is 26.7 Å². The molecule has 0 radical (unpaired) electrons. The van der Waals surface area contributed by atoms with Gasteiger partial charge in [-0.3, -0.25) is 4.79 Å². The first-order chi connectivity index (χ1) is 10.0. The molecule has 116 valence electrons. The molecule has 1 aliphatic rings. The lowest BCUT2D eigenvalue weighted by Gasteiger charge is -2.34. The molecule has 2 rings (SSSR count). The van der Waals surface area contributed by atoms with Crippen molar-refractivity contribution >= 4 is 17.5 Å². The SMILES string of the molecule is CC(c1ccc(Cl)cc1)C(C)N(C)C(=O)C1CNCCO1. The number of amides is 1. The summed E-state index contributed by atoms with van der Waals surface area (Å²) in [6.07, 6.45) is -0.372. The lowest BCUT2D eigenvalue weighted by Crippen LogP contribution is -2.51. The molecule has 1 aromatic rings. The van der Waals surface area contributed by atoms with Crippen molar-refractivity contribution in [2.24, 2.45) is 0 Å². The van der Waals surface area contributed by atoms with Gasteiger partial charge in [-0.2, -0.15) is 0 Å². The Morgan fingerprint density at radius 1 is 1.38 bits per heavy atom. The highest BCUT2D eigenvalue weighted by Gasteiger charge is 2.29. The maximum absolute atomic E-state index is 12.5. The predicted molar refractivity (Wildman–Crippen MR) is 84.7 cm³/mol. The van der Waals surface area contributed by atoms with Gasteiger partial charge in [0.15, 0.2) is 0 Å². The molecule has 3 unspecified atom stereocenters. The second kappa shape index (κ2) is 7.25. The Balaban J connectivity index is 2.01. The molecule has 1 aliphatic heterocycles. The van der Waals surface area contributed by atoms with E-state index in [-0.39, 0.29) is 24.0 Å². The maximum Gasteiger partial charge on any atom is 0.253 e. The Bertz CT molecular complexity index is 472. The minimum absolute atomic E-state index is 0.0375. The highest BCUT2D eigenvalue weighted by Crippen LogP contribution is 2.24. The minimum atomic E-state index is -0.372. The predicted octanol–water partition coefficient (Wildman–Crippen LogP) is 2.28. The molecule has 0 saturated carbocycles. The second-order valence-corrected chi connectivity index (χ2v) is 6.03. The first-order valence-corrected chi connectivity index (χ1v) is 7.73. The number of nitrogens with one attached hydrogen (secondary N) is 1. The molecule has 3 atom stereocenters. The van der Waals surface area contributed by atoms with E-state index < -0.39 is 0 Å². The summed E-state index contributed by atoms with van der Waals surface area (Å²) in [6, 6.07) is 7.89. The first kappa shape index (κ1) is 16.3. The van der Waals surface area contributed by atoms with Gasteiger partial charge in [0.1, 0.15) is 6.10 Å². The van der Waals surface area contributed by atoms with Crippen LogP contribution in [0, 0.1) is 0 Å². The summed E-state index contributed by atoms with van der Waals surface area (Å²) in [6.45, 7) is 6.17. The molecule has 1 aromatic carbocycles. The van der Waals surface area contributed by atoms with E-state index in [0.717, 1.165) is 11.6 Å². The molecule has 1 heterocycles. The Morgan fingerprint density at radius 2 is 2.05 bits per heavy atom. The van der Waals surface area contributed by atoms with Crippen LogP contribution in [0.5, 0.6) is 0 Å². The van der Waals surface area contributed by atoms with E-state index in [2.05, 4.69) is 19.2 Å². The third-order valence-electron chi connectivity index (χ3n) is 4.28. The fourth-order valence-electron chi connectivity index (χ4n) is 2.53. The fourth-order valence-corrected chi connectivity index (χ4v) is 2.66. The molecule has 1 saturated heterocycles. The number of ether oxygens (including phenoxy) is 1. The van der Waals surface area contributed by atoms with Gasteiger partial charge in [-0.1, -0.05) is 30.7 Å². The molecular formula is C16H23ClN2O2. The first-order valence-electron chi connectivity index (χ1n) is 7.35.